The van der Waals surface area contributed by atoms with E-state index in [9.17, 15) is 0 Å². The molecule has 2 atom stereocenters. The molecule has 0 aromatic heterocycles. The molecule has 0 bridgehead atoms. The molecule has 0 aliphatic heterocycles. The maximum Gasteiger partial charge on any atom is -1.00 e. The van der Waals surface area contributed by atoms with Crippen molar-refractivity contribution in [2.75, 3.05) is 0 Å². The maximum absolute atomic E-state index is 2.63. The van der Waals surface area contributed by atoms with Gasteiger partial charge in [0, 0.05) is 0 Å². The van der Waals surface area contributed by atoms with Gasteiger partial charge in [-0.15, -0.1) is 0 Å². The molecule has 0 fully saturated rings. The Morgan fingerprint density at radius 2 is 1.53 bits per heavy atom. The zero-order valence-electron chi connectivity index (χ0n) is 21.9. The van der Waals surface area contributed by atoms with E-state index < -0.39 is 20.4 Å². The Morgan fingerprint density at radius 1 is 0.882 bits per heavy atom. The molecule has 2 aliphatic carbocycles. The van der Waals surface area contributed by atoms with E-state index in [2.05, 4.69) is 109 Å². The Kier molecular flexibility index (Phi) is 10.5. The maximum atomic E-state index is 2.63. The van der Waals surface area contributed by atoms with Crippen LogP contribution in [-0.2, 0) is 20.4 Å². The third-order valence-corrected chi connectivity index (χ3v) is 26.5. The van der Waals surface area contributed by atoms with Crippen molar-refractivity contribution in [2.45, 2.75) is 64.7 Å². The van der Waals surface area contributed by atoms with Crippen LogP contribution in [0.5, 0.6) is 0 Å². The molecule has 0 saturated heterocycles. The summed E-state index contributed by atoms with van der Waals surface area (Å²) in [7, 11) is 0. The summed E-state index contributed by atoms with van der Waals surface area (Å²) in [6.45, 7) is 19.7. The average Bonchev–Trinajstić information content (AvgIpc) is 3.20. The third-order valence-electron chi connectivity index (χ3n) is 7.64. The van der Waals surface area contributed by atoms with Gasteiger partial charge < -0.3 is 24.8 Å². The van der Waals surface area contributed by atoms with Crippen molar-refractivity contribution >= 4 is 11.5 Å². The second-order valence-electron chi connectivity index (χ2n) is 10.4. The van der Waals surface area contributed by atoms with Crippen LogP contribution in [0.1, 0.15) is 62.7 Å². The van der Waals surface area contributed by atoms with E-state index in [1.54, 1.807) is 27.9 Å². The minimum atomic E-state index is -1.97. The fourth-order valence-electron chi connectivity index (χ4n) is 5.84. The number of hydrogen-bond acceptors (Lipinski definition) is 0. The van der Waals surface area contributed by atoms with Gasteiger partial charge in [0.05, 0.1) is 0 Å². The van der Waals surface area contributed by atoms with Crippen LogP contribution in [0, 0.1) is 11.8 Å². The van der Waals surface area contributed by atoms with E-state index in [0.717, 1.165) is 0 Å². The summed E-state index contributed by atoms with van der Waals surface area (Å²) in [5.74, 6) is 1.36. The molecule has 180 valence electrons. The van der Waals surface area contributed by atoms with Crippen molar-refractivity contribution < 1.29 is 45.2 Å². The van der Waals surface area contributed by atoms with Gasteiger partial charge in [-0.2, -0.15) is 0 Å². The zero-order valence-corrected chi connectivity index (χ0v) is 26.9. The van der Waals surface area contributed by atoms with Crippen LogP contribution in [-0.4, -0.2) is 5.43 Å². The van der Waals surface area contributed by atoms with Crippen molar-refractivity contribution in [3.63, 3.8) is 0 Å². The third kappa shape index (κ3) is 5.36. The van der Waals surface area contributed by atoms with Gasteiger partial charge in [0.25, 0.3) is 0 Å². The molecule has 0 spiro atoms. The average molecular weight is 589 g/mol. The van der Waals surface area contributed by atoms with Gasteiger partial charge in [-0.25, -0.2) is 0 Å². The van der Waals surface area contributed by atoms with Crippen molar-refractivity contribution in [2.24, 2.45) is 11.8 Å². The number of allylic oxidation sites excluding steroid dienone is 5. The van der Waals surface area contributed by atoms with Crippen LogP contribution in [0.25, 0.3) is 17.2 Å². The minimum Gasteiger partial charge on any atom is -1.00 e. The molecule has 0 radical (unpaired) electrons. The monoisotopic (exact) mass is 586 g/mol. The Bertz CT molecular complexity index is 1180. The molecule has 0 N–H and O–H groups in total. The summed E-state index contributed by atoms with van der Waals surface area (Å²) in [6, 6.07) is 18.2. The van der Waals surface area contributed by atoms with Crippen LogP contribution in [0.3, 0.4) is 0 Å². The van der Waals surface area contributed by atoms with E-state index in [-0.39, 0.29) is 30.2 Å². The van der Waals surface area contributed by atoms with Crippen LogP contribution >= 0.6 is 0 Å². The number of benzene rings is 2. The van der Waals surface area contributed by atoms with Crippen LogP contribution in [0.15, 0.2) is 74.1 Å². The molecule has 2 aliphatic rings. The first kappa shape index (κ1) is 29.6. The molecule has 2 aromatic carbocycles. The second-order valence-corrected chi connectivity index (χ2v) is 27.7. The van der Waals surface area contributed by atoms with E-state index in [1.807, 2.05) is 3.28 Å². The summed E-state index contributed by atoms with van der Waals surface area (Å²) in [5.41, 5.74) is 12.2. The van der Waals surface area contributed by atoms with Gasteiger partial charge >= 0.3 is 205 Å². The van der Waals surface area contributed by atoms with E-state index in [1.165, 1.54) is 23.1 Å². The zero-order chi connectivity index (χ0) is 23.2. The Balaban J connectivity index is 0.00000204. The first-order chi connectivity index (χ1) is 15.2. The Morgan fingerprint density at radius 3 is 2.06 bits per heavy atom. The number of halogens is 2. The summed E-state index contributed by atoms with van der Waals surface area (Å²) < 4.78 is 2.65. The van der Waals surface area contributed by atoms with Crippen LogP contribution in [0.2, 0.25) is 13.1 Å². The van der Waals surface area contributed by atoms with E-state index in [0.29, 0.717) is 15.5 Å². The Labute approximate surface area is 228 Å². The SMILES string of the molecule is CC1=C(C)C(C)[C]([Zr+2]([CH]2C(CC(C)C)=Cc3c(-c4ccccc4)cccc32)=[Si](C)C)=C1C.[Cl-].[Cl-]. The molecular formula is C30H38Cl2SiZr. The van der Waals surface area contributed by atoms with Crippen molar-refractivity contribution in [1.82, 2.24) is 0 Å². The largest absolute Gasteiger partial charge is 1.00 e. The molecule has 0 saturated carbocycles. The molecule has 34 heavy (non-hydrogen) atoms. The Hall–Kier alpha value is -0.660. The molecule has 4 heteroatoms. The number of rotatable bonds is 5. The predicted molar refractivity (Wildman–Crippen MR) is 140 cm³/mol. The van der Waals surface area contributed by atoms with Gasteiger partial charge in [-0.1, -0.05) is 0 Å². The van der Waals surface area contributed by atoms with Crippen molar-refractivity contribution in [3.05, 3.63) is 85.2 Å². The topological polar surface area (TPSA) is 0 Å². The van der Waals surface area contributed by atoms with Crippen molar-refractivity contribution in [3.8, 4) is 11.1 Å². The van der Waals surface area contributed by atoms with Gasteiger partial charge in [0.1, 0.15) is 0 Å². The molecule has 2 unspecified atom stereocenters. The summed E-state index contributed by atoms with van der Waals surface area (Å²) >= 11 is -1.97. The summed E-state index contributed by atoms with van der Waals surface area (Å²) in [6.07, 6.45) is 3.86. The summed E-state index contributed by atoms with van der Waals surface area (Å²) in [4.78, 5) is 0. The standard InChI is InChI=1S/C19H19.C9H13.C2H6Si.2ClH.Zr/c1-14(2)11-15-12-17-9-6-10-18(19(17)13-15)16-7-4-3-5-8-16;1-6-5-7(2)9(4)8(6)3;1-3-2;;;/h3-10,12-14H,11H2,1-2H3;6H,1-4H3;1-2H3;2*1H;/q;;;;;+2/p-2. The first-order valence-corrected chi connectivity index (χ1v) is 21.0. The number of hydrogen-bond donors (Lipinski definition) is 0. The molecule has 4 rings (SSSR count). The summed E-state index contributed by atoms with van der Waals surface area (Å²) in [5, 5.41) is 0. The fourth-order valence-corrected chi connectivity index (χ4v) is 26.3. The molecular weight excluding hydrogens is 551 g/mol. The van der Waals surface area contributed by atoms with E-state index >= 15 is 0 Å². The molecule has 0 heterocycles. The molecule has 0 amide bonds. The normalized spacial score (nSPS) is 18.8. The van der Waals surface area contributed by atoms with Crippen LogP contribution < -0.4 is 24.8 Å². The quantitative estimate of drug-likeness (QED) is 0.472. The van der Waals surface area contributed by atoms with Gasteiger partial charge in [-0.3, -0.25) is 0 Å². The van der Waals surface area contributed by atoms with Crippen LogP contribution in [0.4, 0.5) is 0 Å². The number of fused-ring (bicyclic) bond motifs is 1. The van der Waals surface area contributed by atoms with Crippen molar-refractivity contribution in [1.29, 1.82) is 0 Å². The smallest absolute Gasteiger partial charge is 1.00 e. The fraction of sp³-hybridized carbons (Fsp3) is 0.400. The predicted octanol–water partition coefficient (Wildman–Crippen LogP) is 2.98. The van der Waals surface area contributed by atoms with Gasteiger partial charge in [0.2, 0.25) is 0 Å². The molecule has 2 aromatic rings. The van der Waals surface area contributed by atoms with E-state index in [4.69, 9.17) is 0 Å². The molecule has 0 nitrogen and oxygen atoms in total. The first-order valence-electron chi connectivity index (χ1n) is 12.2. The van der Waals surface area contributed by atoms with Gasteiger partial charge in [0.15, 0.2) is 0 Å². The second kappa shape index (κ2) is 12.1. The van der Waals surface area contributed by atoms with Gasteiger partial charge in [-0.05, 0) is 0 Å². The minimum absolute atomic E-state index is 0.